The van der Waals surface area contributed by atoms with E-state index in [1.807, 2.05) is 41.3 Å². The standard InChI is InChI=1S/C34H33N7O5S/c42-33(39-47(44)24-25-6-2-1-3-7-25)30-11-12-31(38-37-30)40-13-15-41(16-14-40)34(43)28-18-26(20-35-22-28)9-10-27-19-29(23-36-21-27)46-32-8-4-5-17-45-32/h1-3,6-7,11-12,18-23,32H,4-5,8,13-17,24H2,(H,39,42). The number of aromatic nitrogens is 4. The molecule has 2 unspecified atom stereocenters. The smallest absolute Gasteiger partial charge is 0.312 e. The fraction of sp³-hybridized carbons (Fsp3) is 0.294. The van der Waals surface area contributed by atoms with Crippen molar-refractivity contribution in [1.82, 2.24) is 29.8 Å². The van der Waals surface area contributed by atoms with Crippen molar-refractivity contribution < 1.29 is 23.6 Å². The zero-order chi connectivity index (χ0) is 32.4. The van der Waals surface area contributed by atoms with E-state index in [2.05, 4.69) is 36.7 Å². The van der Waals surface area contributed by atoms with Crippen LogP contribution >= 0.6 is 0 Å². The first-order chi connectivity index (χ1) is 23.0. The Morgan fingerprint density at radius 2 is 1.70 bits per heavy atom. The summed E-state index contributed by atoms with van der Waals surface area (Å²) >= 11 is -1.59. The highest BCUT2D eigenvalue weighted by atomic mass is 32.2. The molecule has 4 aromatic rings. The predicted molar refractivity (Wildman–Crippen MR) is 175 cm³/mol. The molecule has 2 saturated heterocycles. The van der Waals surface area contributed by atoms with Gasteiger partial charge in [-0.1, -0.05) is 42.2 Å². The summed E-state index contributed by atoms with van der Waals surface area (Å²) in [5.74, 6) is 6.86. The largest absolute Gasteiger partial charge is 0.593 e. The minimum atomic E-state index is -1.59. The Bertz CT molecular complexity index is 1740. The van der Waals surface area contributed by atoms with Crippen molar-refractivity contribution in [3.63, 3.8) is 0 Å². The summed E-state index contributed by atoms with van der Waals surface area (Å²) in [7, 11) is 0. The molecule has 0 bridgehead atoms. The third kappa shape index (κ3) is 8.82. The Morgan fingerprint density at radius 1 is 0.936 bits per heavy atom. The van der Waals surface area contributed by atoms with Crippen LogP contribution in [-0.2, 0) is 21.9 Å². The molecule has 2 atom stereocenters. The molecule has 3 aromatic heterocycles. The van der Waals surface area contributed by atoms with E-state index in [-0.39, 0.29) is 23.6 Å². The summed E-state index contributed by atoms with van der Waals surface area (Å²) in [6.45, 7) is 2.72. The van der Waals surface area contributed by atoms with Crippen molar-refractivity contribution in [3.8, 4) is 17.6 Å². The number of nitrogens with one attached hydrogen (secondary N) is 1. The number of pyridine rings is 2. The number of amides is 2. The number of anilines is 1. The fourth-order valence-corrected chi connectivity index (χ4v) is 6.01. The summed E-state index contributed by atoms with van der Waals surface area (Å²) in [5.41, 5.74) is 2.68. The summed E-state index contributed by atoms with van der Waals surface area (Å²) in [4.78, 5) is 38.1. The second kappa shape index (κ2) is 15.5. The van der Waals surface area contributed by atoms with Crippen LogP contribution in [-0.4, -0.2) is 80.5 Å². The van der Waals surface area contributed by atoms with Crippen molar-refractivity contribution in [1.29, 1.82) is 0 Å². The van der Waals surface area contributed by atoms with Gasteiger partial charge in [-0.15, -0.1) is 10.2 Å². The molecule has 0 saturated carbocycles. The molecule has 47 heavy (non-hydrogen) atoms. The summed E-state index contributed by atoms with van der Waals surface area (Å²) in [6.07, 6.45) is 9.16. The number of rotatable bonds is 8. The molecule has 0 spiro atoms. The van der Waals surface area contributed by atoms with Gasteiger partial charge in [-0.25, -0.2) is 0 Å². The van der Waals surface area contributed by atoms with Crippen molar-refractivity contribution in [2.45, 2.75) is 31.3 Å². The van der Waals surface area contributed by atoms with Crippen LogP contribution < -0.4 is 14.4 Å². The SMILES string of the molecule is O=C(N[S+]([O-])Cc1ccccc1)c1ccc(N2CCN(C(=O)c3cncc(C#Cc4cncc(OC5CCCCO5)c4)c3)CC2)nn1. The van der Waals surface area contributed by atoms with E-state index < -0.39 is 17.3 Å². The van der Waals surface area contributed by atoms with E-state index in [9.17, 15) is 14.1 Å². The topological polar surface area (TPSA) is 146 Å². The highest BCUT2D eigenvalue weighted by Crippen LogP contribution is 2.20. The molecule has 240 valence electrons. The van der Waals surface area contributed by atoms with E-state index in [0.29, 0.717) is 61.0 Å². The maximum Gasteiger partial charge on any atom is 0.312 e. The van der Waals surface area contributed by atoms with Gasteiger partial charge < -0.3 is 23.8 Å². The Balaban J connectivity index is 1.00. The number of hydrogen-bond acceptors (Lipinski definition) is 10. The first-order valence-corrected chi connectivity index (χ1v) is 16.6. The Hall–Kier alpha value is -5.03. The van der Waals surface area contributed by atoms with E-state index in [0.717, 1.165) is 24.8 Å². The third-order valence-electron chi connectivity index (χ3n) is 7.58. The summed E-state index contributed by atoms with van der Waals surface area (Å²) in [6, 6.07) is 16.1. The normalized spacial score (nSPS) is 16.8. The first kappa shape index (κ1) is 31.9. The van der Waals surface area contributed by atoms with Gasteiger partial charge in [-0.2, -0.15) is 4.72 Å². The van der Waals surface area contributed by atoms with Crippen molar-refractivity contribution in [2.75, 3.05) is 37.7 Å². The lowest BCUT2D eigenvalue weighted by molar-refractivity contribution is -0.106. The molecule has 2 fully saturated rings. The molecular formula is C34H33N7O5S. The van der Waals surface area contributed by atoms with Crippen LogP contribution in [0.5, 0.6) is 5.75 Å². The number of ether oxygens (including phenoxy) is 2. The van der Waals surface area contributed by atoms with Crippen LogP contribution in [0.4, 0.5) is 5.82 Å². The van der Waals surface area contributed by atoms with Crippen LogP contribution in [0, 0.1) is 11.8 Å². The molecule has 2 aliphatic rings. The Morgan fingerprint density at radius 3 is 2.43 bits per heavy atom. The average molecular weight is 652 g/mol. The molecule has 2 amide bonds. The van der Waals surface area contributed by atoms with Crippen molar-refractivity contribution in [2.24, 2.45) is 0 Å². The molecule has 5 heterocycles. The molecule has 1 N–H and O–H groups in total. The number of carbonyl (C=O) groups is 2. The minimum Gasteiger partial charge on any atom is -0.593 e. The predicted octanol–water partition coefficient (Wildman–Crippen LogP) is 3.13. The van der Waals surface area contributed by atoms with Gasteiger partial charge >= 0.3 is 5.91 Å². The van der Waals surface area contributed by atoms with E-state index in [4.69, 9.17) is 9.47 Å². The number of nitrogens with zero attached hydrogens (tertiary/aromatic N) is 6. The number of benzene rings is 1. The zero-order valence-corrected chi connectivity index (χ0v) is 26.4. The van der Waals surface area contributed by atoms with Crippen LogP contribution in [0.1, 0.15) is 56.8 Å². The molecule has 12 nitrogen and oxygen atoms in total. The molecular weight excluding hydrogens is 618 g/mol. The monoisotopic (exact) mass is 651 g/mol. The van der Waals surface area contributed by atoms with Crippen LogP contribution in [0.25, 0.3) is 0 Å². The lowest BCUT2D eigenvalue weighted by Crippen LogP contribution is -2.49. The van der Waals surface area contributed by atoms with Gasteiger partial charge in [0.2, 0.25) is 0 Å². The maximum absolute atomic E-state index is 13.3. The van der Waals surface area contributed by atoms with Crippen LogP contribution in [0.15, 0.2) is 79.4 Å². The van der Waals surface area contributed by atoms with Crippen LogP contribution in [0.2, 0.25) is 0 Å². The van der Waals surface area contributed by atoms with Gasteiger partial charge in [-0.3, -0.25) is 19.6 Å². The third-order valence-corrected chi connectivity index (χ3v) is 8.58. The van der Waals surface area contributed by atoms with E-state index in [1.54, 1.807) is 47.9 Å². The van der Waals surface area contributed by atoms with E-state index >= 15 is 0 Å². The lowest BCUT2D eigenvalue weighted by Gasteiger charge is -2.35. The van der Waals surface area contributed by atoms with Gasteiger partial charge in [-0.05, 0) is 37.1 Å². The number of piperazine rings is 1. The fourth-order valence-electron chi connectivity index (χ4n) is 5.13. The highest BCUT2D eigenvalue weighted by molar-refractivity contribution is 7.89. The average Bonchev–Trinajstić information content (AvgIpc) is 3.12. The second-order valence-electron chi connectivity index (χ2n) is 11.0. The Labute approximate surface area is 275 Å². The van der Waals surface area contributed by atoms with Gasteiger partial charge in [0.1, 0.15) is 5.75 Å². The molecule has 13 heteroatoms. The van der Waals surface area contributed by atoms with Crippen LogP contribution in [0.3, 0.4) is 0 Å². The first-order valence-electron chi connectivity index (χ1n) is 15.3. The lowest BCUT2D eigenvalue weighted by atomic mass is 10.1. The summed E-state index contributed by atoms with van der Waals surface area (Å²) in [5, 5.41) is 8.24. The van der Waals surface area contributed by atoms with Gasteiger partial charge in [0, 0.05) is 67.9 Å². The second-order valence-corrected chi connectivity index (χ2v) is 12.2. The highest BCUT2D eigenvalue weighted by Gasteiger charge is 2.24. The molecule has 2 aliphatic heterocycles. The van der Waals surface area contributed by atoms with Crippen molar-refractivity contribution >= 4 is 29.0 Å². The maximum atomic E-state index is 13.3. The number of carbonyl (C=O) groups excluding carboxylic acids is 2. The molecule has 1 aromatic carbocycles. The molecule has 0 aliphatic carbocycles. The van der Waals surface area contributed by atoms with Gasteiger partial charge in [0.15, 0.2) is 23.6 Å². The summed E-state index contributed by atoms with van der Waals surface area (Å²) < 4.78 is 26.3. The van der Waals surface area contributed by atoms with E-state index in [1.165, 1.54) is 0 Å². The minimum absolute atomic E-state index is 0.0748. The zero-order valence-electron chi connectivity index (χ0n) is 25.6. The number of hydrogen-bond donors (Lipinski definition) is 1. The molecule has 6 rings (SSSR count). The quantitative estimate of drug-likeness (QED) is 0.223. The Kier molecular flexibility index (Phi) is 10.5. The van der Waals surface area contributed by atoms with Gasteiger partial charge in [0.25, 0.3) is 5.91 Å². The van der Waals surface area contributed by atoms with Gasteiger partial charge in [0.05, 0.1) is 29.7 Å². The molecule has 0 radical (unpaired) electrons. The van der Waals surface area contributed by atoms with Crippen molar-refractivity contribution in [3.05, 3.63) is 107 Å².